The van der Waals surface area contributed by atoms with Gasteiger partial charge in [-0.05, 0) is 12.1 Å². The number of aromatic nitrogens is 4. The van der Waals surface area contributed by atoms with E-state index in [0.717, 1.165) is 10.9 Å². The molecule has 0 radical (unpaired) electrons. The highest BCUT2D eigenvalue weighted by Crippen LogP contribution is 2.66. The molecule has 0 saturated carbocycles. The first kappa shape index (κ1) is 34.8. The fraction of sp³-hybridized carbons (Fsp3) is 0.400. The largest absolute Gasteiger partial charge is 0.490 e. The van der Waals surface area contributed by atoms with E-state index in [4.69, 9.17) is 14.5 Å². The molecule has 1 saturated heterocycles. The Morgan fingerprint density at radius 1 is 1.07 bits per heavy atom. The average molecular weight is 699 g/mol. The van der Waals surface area contributed by atoms with Crippen molar-refractivity contribution in [2.24, 2.45) is 0 Å². The van der Waals surface area contributed by atoms with Crippen LogP contribution in [0.25, 0.3) is 11.2 Å². The van der Waals surface area contributed by atoms with Gasteiger partial charge < -0.3 is 50.5 Å². The number of phosphoric acid groups is 3. The highest BCUT2D eigenvalue weighted by Gasteiger charge is 2.47. The molecule has 3 aromatic rings. The normalized spacial score (nSPS) is 22.9. The second-order valence-electron chi connectivity index (χ2n) is 9.15. The molecule has 248 valence electrons. The van der Waals surface area contributed by atoms with E-state index in [2.05, 4.69) is 44.0 Å². The zero-order valence-corrected chi connectivity index (χ0v) is 25.5. The lowest BCUT2D eigenvalue weighted by Gasteiger charge is -2.19. The summed E-state index contributed by atoms with van der Waals surface area (Å²) in [7, 11) is -15.3. The van der Waals surface area contributed by atoms with Crippen molar-refractivity contribution in [3.8, 4) is 0 Å². The lowest BCUT2D eigenvalue weighted by Crippen LogP contribution is -2.33. The lowest BCUT2D eigenvalue weighted by atomic mass is 10.1. The molecule has 0 aliphatic carbocycles. The number of anilines is 2. The smallest absolute Gasteiger partial charge is 0.387 e. The van der Waals surface area contributed by atoms with E-state index in [-0.39, 0.29) is 36.1 Å². The summed E-state index contributed by atoms with van der Waals surface area (Å²) < 4.78 is 52.6. The SMILES string of the molecule is CNc1ccccc1C(=O)NCCNc1nc2c(ncn2[C@@H]2O[C@H](COP(=O)(O)OP(=O)(O)OP(=O)(O)O)[C@@H](O)[C@H]2O)c(=O)[nH]1. The van der Waals surface area contributed by atoms with E-state index in [0.29, 0.717) is 11.3 Å². The summed E-state index contributed by atoms with van der Waals surface area (Å²) in [6.07, 6.45) is -5.53. The number of carbonyl (C=O) groups is 1. The predicted octanol–water partition coefficient (Wildman–Crippen LogP) is -1.03. The Bertz CT molecular complexity index is 1750. The maximum atomic E-state index is 12.6. The molecule has 1 fully saturated rings. The highest BCUT2D eigenvalue weighted by atomic mass is 31.3. The van der Waals surface area contributed by atoms with Gasteiger partial charge in [-0.1, -0.05) is 12.1 Å². The van der Waals surface area contributed by atoms with Crippen molar-refractivity contribution in [3.05, 3.63) is 46.5 Å². The number of hydrogen-bond donors (Lipinski definition) is 10. The minimum atomic E-state index is -5.78. The standard InChI is InChI=1S/C20H28N7O15P3/c1-21-11-5-3-2-4-10(11)17(30)22-6-7-23-20-25-16-13(18(31)26-20)24-9-27(16)19-15(29)14(28)12(40-19)8-39-44(35,36)42-45(37,38)41-43(32,33)34/h2-5,9,12,14-15,19,21,28-29H,6-8H2,1H3,(H,22,30)(H,35,36)(H,37,38)(H2,32,33,34)(H2,23,25,26,31)/t12-,14-,15-,19-/m1/s1. The topological polar surface area (TPSA) is 326 Å². The second kappa shape index (κ2) is 13.7. The number of phosphoric ester groups is 1. The van der Waals surface area contributed by atoms with Crippen LogP contribution < -0.4 is 21.5 Å². The number of hydrogen-bond acceptors (Lipinski definition) is 15. The molecule has 0 bridgehead atoms. The molecule has 2 unspecified atom stereocenters. The maximum absolute atomic E-state index is 12.6. The van der Waals surface area contributed by atoms with Crippen LogP contribution in [-0.4, -0.2) is 100 Å². The molecule has 1 aliphatic rings. The van der Waals surface area contributed by atoms with Crippen molar-refractivity contribution in [2.75, 3.05) is 37.4 Å². The van der Waals surface area contributed by atoms with Gasteiger partial charge in [0.1, 0.15) is 18.3 Å². The van der Waals surface area contributed by atoms with Crippen LogP contribution in [0.15, 0.2) is 35.4 Å². The number of carbonyl (C=O) groups excluding carboxylic acids is 1. The Kier molecular flexibility index (Phi) is 10.6. The first-order chi connectivity index (χ1) is 21.0. The van der Waals surface area contributed by atoms with Gasteiger partial charge in [0.05, 0.1) is 18.5 Å². The number of aliphatic hydroxyl groups excluding tert-OH is 2. The molecule has 1 amide bonds. The number of imidazole rings is 1. The van der Waals surface area contributed by atoms with Gasteiger partial charge in [0, 0.05) is 25.8 Å². The van der Waals surface area contributed by atoms with Crippen LogP contribution in [0.2, 0.25) is 0 Å². The fourth-order valence-electron chi connectivity index (χ4n) is 4.11. The van der Waals surface area contributed by atoms with Crippen LogP contribution in [0.3, 0.4) is 0 Å². The van der Waals surface area contributed by atoms with Gasteiger partial charge in [-0.2, -0.15) is 13.6 Å². The van der Waals surface area contributed by atoms with Crippen LogP contribution in [0.1, 0.15) is 16.6 Å². The third kappa shape index (κ3) is 8.81. The van der Waals surface area contributed by atoms with Crippen molar-refractivity contribution >= 4 is 52.2 Å². The molecule has 4 rings (SSSR count). The zero-order chi connectivity index (χ0) is 33.2. The van der Waals surface area contributed by atoms with Gasteiger partial charge in [-0.15, -0.1) is 0 Å². The molecule has 1 aromatic carbocycles. The molecule has 25 heteroatoms. The molecular weight excluding hydrogens is 671 g/mol. The Hall–Kier alpha value is -3.07. The molecule has 0 spiro atoms. The summed E-state index contributed by atoms with van der Waals surface area (Å²) in [5.41, 5.74) is 0.0721. The van der Waals surface area contributed by atoms with Crippen LogP contribution in [0.5, 0.6) is 0 Å². The third-order valence-electron chi connectivity index (χ3n) is 6.01. The van der Waals surface area contributed by atoms with E-state index in [1.54, 1.807) is 31.3 Å². The van der Waals surface area contributed by atoms with Crippen LogP contribution in [0.4, 0.5) is 11.6 Å². The van der Waals surface area contributed by atoms with Crippen molar-refractivity contribution in [2.45, 2.75) is 24.5 Å². The Balaban J connectivity index is 1.40. The molecule has 45 heavy (non-hydrogen) atoms. The first-order valence-corrected chi connectivity index (χ1v) is 17.1. The molecule has 10 N–H and O–H groups in total. The molecule has 22 nitrogen and oxygen atoms in total. The highest BCUT2D eigenvalue weighted by molar-refractivity contribution is 7.66. The maximum Gasteiger partial charge on any atom is 0.490 e. The van der Waals surface area contributed by atoms with Crippen molar-refractivity contribution in [1.82, 2.24) is 24.8 Å². The first-order valence-electron chi connectivity index (χ1n) is 12.6. The van der Waals surface area contributed by atoms with Crippen molar-refractivity contribution < 1.29 is 66.2 Å². The minimum Gasteiger partial charge on any atom is -0.387 e. The predicted molar refractivity (Wildman–Crippen MR) is 151 cm³/mol. The lowest BCUT2D eigenvalue weighted by molar-refractivity contribution is -0.0503. The number of H-pyrrole nitrogens is 1. The summed E-state index contributed by atoms with van der Waals surface area (Å²) in [6, 6.07) is 6.87. The summed E-state index contributed by atoms with van der Waals surface area (Å²) >= 11 is 0. The van der Waals surface area contributed by atoms with E-state index in [1.807, 2.05) is 0 Å². The summed E-state index contributed by atoms with van der Waals surface area (Å²) in [4.78, 5) is 71.9. The van der Waals surface area contributed by atoms with E-state index in [9.17, 15) is 43.3 Å². The number of rotatable bonds is 14. The molecule has 3 heterocycles. The number of aromatic amines is 1. The average Bonchev–Trinajstić information content (AvgIpc) is 3.48. The number of benzene rings is 1. The summed E-state index contributed by atoms with van der Waals surface area (Å²) in [5.74, 6) is -0.387. The van der Waals surface area contributed by atoms with Gasteiger partial charge in [-0.25, -0.2) is 18.7 Å². The van der Waals surface area contributed by atoms with Crippen LogP contribution in [0, 0.1) is 0 Å². The van der Waals surface area contributed by atoms with E-state index in [1.165, 1.54) is 0 Å². The number of nitrogens with zero attached hydrogens (tertiary/aromatic N) is 3. The number of para-hydroxylation sites is 1. The molecular formula is C20H28N7O15P3. The van der Waals surface area contributed by atoms with Gasteiger partial charge in [0.15, 0.2) is 17.4 Å². The van der Waals surface area contributed by atoms with Gasteiger partial charge in [-0.3, -0.25) is 23.7 Å². The molecule has 2 aromatic heterocycles. The number of ether oxygens (including phenoxy) is 1. The Morgan fingerprint density at radius 2 is 1.78 bits per heavy atom. The summed E-state index contributed by atoms with van der Waals surface area (Å²) in [5, 5.41) is 29.5. The van der Waals surface area contributed by atoms with E-state index < -0.39 is 60.2 Å². The van der Waals surface area contributed by atoms with Gasteiger partial charge in [0.2, 0.25) is 5.95 Å². The minimum absolute atomic E-state index is 0.0450. The number of aliphatic hydroxyl groups is 2. The monoisotopic (exact) mass is 699 g/mol. The van der Waals surface area contributed by atoms with Gasteiger partial charge in [0.25, 0.3) is 11.5 Å². The quantitative estimate of drug-likeness (QED) is 0.0710. The Labute approximate surface area is 251 Å². The van der Waals surface area contributed by atoms with Crippen molar-refractivity contribution in [3.63, 3.8) is 0 Å². The summed E-state index contributed by atoms with van der Waals surface area (Å²) in [6.45, 7) is -0.790. The van der Waals surface area contributed by atoms with Crippen LogP contribution >= 0.6 is 23.5 Å². The molecule has 1 aliphatic heterocycles. The number of nitrogens with one attached hydrogen (secondary N) is 4. The third-order valence-corrected chi connectivity index (χ3v) is 9.81. The van der Waals surface area contributed by atoms with Crippen molar-refractivity contribution in [1.29, 1.82) is 0 Å². The fourth-order valence-corrected chi connectivity index (χ4v) is 7.14. The van der Waals surface area contributed by atoms with Gasteiger partial charge >= 0.3 is 23.5 Å². The number of fused-ring (bicyclic) bond motifs is 1. The zero-order valence-electron chi connectivity index (χ0n) is 22.9. The van der Waals surface area contributed by atoms with Crippen LogP contribution in [-0.2, 0) is 31.6 Å². The number of amides is 1. The molecule has 6 atom stereocenters. The van der Waals surface area contributed by atoms with E-state index >= 15 is 0 Å². The Morgan fingerprint density at radius 3 is 2.47 bits per heavy atom. The second-order valence-corrected chi connectivity index (χ2v) is 13.6.